The highest BCUT2D eigenvalue weighted by Crippen LogP contribution is 2.22. The first kappa shape index (κ1) is 16.3. The van der Waals surface area contributed by atoms with Gasteiger partial charge in [0.2, 0.25) is 11.7 Å². The van der Waals surface area contributed by atoms with Gasteiger partial charge in [0, 0.05) is 18.5 Å². The molecular formula is C20H20N4O2. The van der Waals surface area contributed by atoms with Gasteiger partial charge in [-0.1, -0.05) is 17.3 Å². The van der Waals surface area contributed by atoms with Crippen molar-refractivity contribution in [2.45, 2.75) is 26.3 Å². The first-order chi connectivity index (χ1) is 12.8. The average molecular weight is 348 g/mol. The number of aromatic nitrogens is 4. The standard InChI is InChI=1S/C20H20N4O2/c1-3-24-13-21-17-10-7-15(12-18(17)24)20-22-19(26-23-20)11-6-14-4-8-16(25-2)9-5-14/h4-5,7-10,12-13H,3,6,11H2,1-2H3. The number of hydrogen-bond donors (Lipinski definition) is 0. The fourth-order valence-electron chi connectivity index (χ4n) is 2.96. The first-order valence-corrected chi connectivity index (χ1v) is 8.67. The Labute approximate surface area is 151 Å². The molecule has 4 rings (SSSR count). The minimum Gasteiger partial charge on any atom is -0.497 e. The fraction of sp³-hybridized carbons (Fsp3) is 0.250. The first-order valence-electron chi connectivity index (χ1n) is 8.67. The van der Waals surface area contributed by atoms with E-state index in [9.17, 15) is 0 Å². The van der Waals surface area contributed by atoms with Gasteiger partial charge in [-0.25, -0.2) is 4.98 Å². The quantitative estimate of drug-likeness (QED) is 0.529. The van der Waals surface area contributed by atoms with E-state index in [2.05, 4.69) is 44.8 Å². The Bertz CT molecular complexity index is 1020. The molecule has 0 unspecified atom stereocenters. The van der Waals surface area contributed by atoms with Crippen LogP contribution in [0.1, 0.15) is 18.4 Å². The van der Waals surface area contributed by atoms with Crippen LogP contribution in [0.15, 0.2) is 53.3 Å². The number of rotatable bonds is 6. The number of nitrogens with zero attached hydrogens (tertiary/aromatic N) is 4. The van der Waals surface area contributed by atoms with E-state index >= 15 is 0 Å². The second-order valence-electron chi connectivity index (χ2n) is 6.09. The molecule has 2 aromatic carbocycles. The van der Waals surface area contributed by atoms with Gasteiger partial charge >= 0.3 is 0 Å². The second-order valence-corrected chi connectivity index (χ2v) is 6.09. The van der Waals surface area contributed by atoms with Crippen LogP contribution in [0.2, 0.25) is 0 Å². The summed E-state index contributed by atoms with van der Waals surface area (Å²) in [5.41, 5.74) is 4.19. The Kier molecular flexibility index (Phi) is 4.39. The van der Waals surface area contributed by atoms with Gasteiger partial charge in [0.15, 0.2) is 0 Å². The molecule has 0 N–H and O–H groups in total. The number of aryl methyl sites for hydroxylation is 3. The van der Waals surface area contributed by atoms with Crippen molar-refractivity contribution in [3.63, 3.8) is 0 Å². The van der Waals surface area contributed by atoms with Gasteiger partial charge in [-0.05, 0) is 49.2 Å². The lowest BCUT2D eigenvalue weighted by Crippen LogP contribution is -1.93. The molecule has 2 aromatic heterocycles. The minimum absolute atomic E-state index is 0.612. The van der Waals surface area contributed by atoms with E-state index in [0.717, 1.165) is 35.3 Å². The summed E-state index contributed by atoms with van der Waals surface area (Å²) < 4.78 is 12.7. The van der Waals surface area contributed by atoms with Gasteiger partial charge in [0.05, 0.1) is 24.5 Å². The molecule has 0 atom stereocenters. The molecule has 6 heteroatoms. The Morgan fingerprint density at radius 1 is 1.08 bits per heavy atom. The van der Waals surface area contributed by atoms with Crippen LogP contribution in [0, 0.1) is 0 Å². The largest absolute Gasteiger partial charge is 0.497 e. The molecule has 0 bridgehead atoms. The van der Waals surface area contributed by atoms with Crippen LogP contribution in [0.25, 0.3) is 22.4 Å². The number of fused-ring (bicyclic) bond motifs is 1. The fourth-order valence-corrected chi connectivity index (χ4v) is 2.96. The molecule has 2 heterocycles. The molecule has 0 radical (unpaired) electrons. The van der Waals surface area contributed by atoms with Gasteiger partial charge in [-0.3, -0.25) is 0 Å². The lowest BCUT2D eigenvalue weighted by molar-refractivity contribution is 0.379. The van der Waals surface area contributed by atoms with Crippen LogP contribution < -0.4 is 4.74 Å². The van der Waals surface area contributed by atoms with Crippen molar-refractivity contribution in [3.05, 3.63) is 60.2 Å². The minimum atomic E-state index is 0.612. The molecule has 0 saturated heterocycles. The average Bonchev–Trinajstić information content (AvgIpc) is 3.33. The molecule has 0 aliphatic carbocycles. The van der Waals surface area contributed by atoms with Crippen LogP contribution >= 0.6 is 0 Å². The van der Waals surface area contributed by atoms with Crippen molar-refractivity contribution in [3.8, 4) is 17.1 Å². The molecule has 0 aliphatic rings. The smallest absolute Gasteiger partial charge is 0.227 e. The van der Waals surface area contributed by atoms with Gasteiger partial charge in [0.1, 0.15) is 5.75 Å². The summed E-state index contributed by atoms with van der Waals surface area (Å²) in [6.07, 6.45) is 3.40. The SMILES string of the molecule is CCn1cnc2ccc(-c3noc(CCc4ccc(OC)cc4)n3)cc21. The number of hydrogen-bond acceptors (Lipinski definition) is 5. The molecule has 132 valence electrons. The molecule has 0 spiro atoms. The summed E-state index contributed by atoms with van der Waals surface area (Å²) in [7, 11) is 1.67. The topological polar surface area (TPSA) is 66.0 Å². The zero-order chi connectivity index (χ0) is 17.9. The molecule has 0 aliphatic heterocycles. The lowest BCUT2D eigenvalue weighted by atomic mass is 10.1. The second kappa shape index (κ2) is 7.00. The molecule has 0 saturated carbocycles. The zero-order valence-corrected chi connectivity index (χ0v) is 14.8. The summed E-state index contributed by atoms with van der Waals surface area (Å²) in [6.45, 7) is 2.97. The van der Waals surface area contributed by atoms with Crippen LogP contribution in [0.5, 0.6) is 5.75 Å². The summed E-state index contributed by atoms with van der Waals surface area (Å²) in [4.78, 5) is 8.94. The van der Waals surface area contributed by atoms with Crippen LogP contribution in [-0.4, -0.2) is 26.8 Å². The van der Waals surface area contributed by atoms with Crippen LogP contribution in [0.3, 0.4) is 0 Å². The zero-order valence-electron chi connectivity index (χ0n) is 14.8. The van der Waals surface area contributed by atoms with Gasteiger partial charge < -0.3 is 13.8 Å². The van der Waals surface area contributed by atoms with Crippen molar-refractivity contribution in [2.75, 3.05) is 7.11 Å². The lowest BCUT2D eigenvalue weighted by Gasteiger charge is -2.01. The molecule has 0 amide bonds. The summed E-state index contributed by atoms with van der Waals surface area (Å²) in [6, 6.07) is 14.1. The van der Waals surface area contributed by atoms with Crippen molar-refractivity contribution in [2.24, 2.45) is 0 Å². The van der Waals surface area contributed by atoms with E-state index in [0.29, 0.717) is 18.1 Å². The number of methoxy groups -OCH3 is 1. The molecule has 0 fully saturated rings. The van der Waals surface area contributed by atoms with E-state index in [1.54, 1.807) is 7.11 Å². The third-order valence-electron chi connectivity index (χ3n) is 4.47. The number of ether oxygens (including phenoxy) is 1. The van der Waals surface area contributed by atoms with E-state index in [4.69, 9.17) is 9.26 Å². The molecule has 26 heavy (non-hydrogen) atoms. The third-order valence-corrected chi connectivity index (χ3v) is 4.47. The molecular weight excluding hydrogens is 328 g/mol. The van der Waals surface area contributed by atoms with E-state index in [-0.39, 0.29) is 0 Å². The van der Waals surface area contributed by atoms with Gasteiger partial charge in [-0.2, -0.15) is 4.98 Å². The molecule has 4 aromatic rings. The Morgan fingerprint density at radius 3 is 2.69 bits per heavy atom. The van der Waals surface area contributed by atoms with E-state index in [1.165, 1.54) is 5.56 Å². The highest BCUT2D eigenvalue weighted by atomic mass is 16.5. The predicted molar refractivity (Wildman–Crippen MR) is 99.1 cm³/mol. The van der Waals surface area contributed by atoms with Gasteiger partial charge in [0.25, 0.3) is 0 Å². The third kappa shape index (κ3) is 3.18. The van der Waals surface area contributed by atoms with Crippen molar-refractivity contribution >= 4 is 11.0 Å². The Balaban J connectivity index is 1.50. The maximum Gasteiger partial charge on any atom is 0.227 e. The summed E-state index contributed by atoms with van der Waals surface area (Å²) >= 11 is 0. The maximum atomic E-state index is 5.43. The van der Waals surface area contributed by atoms with Gasteiger partial charge in [-0.15, -0.1) is 0 Å². The van der Waals surface area contributed by atoms with E-state index in [1.807, 2.05) is 30.6 Å². The highest BCUT2D eigenvalue weighted by Gasteiger charge is 2.11. The van der Waals surface area contributed by atoms with E-state index < -0.39 is 0 Å². The highest BCUT2D eigenvalue weighted by molar-refractivity contribution is 5.80. The number of benzene rings is 2. The van der Waals surface area contributed by atoms with Crippen molar-refractivity contribution in [1.29, 1.82) is 0 Å². The summed E-state index contributed by atoms with van der Waals surface area (Å²) in [5.74, 6) is 2.11. The molecule has 6 nitrogen and oxygen atoms in total. The number of imidazole rings is 1. The van der Waals surface area contributed by atoms with Crippen LogP contribution in [-0.2, 0) is 19.4 Å². The van der Waals surface area contributed by atoms with Crippen molar-refractivity contribution in [1.82, 2.24) is 19.7 Å². The summed E-state index contributed by atoms with van der Waals surface area (Å²) in [5, 5.41) is 4.14. The normalized spacial score (nSPS) is 11.2. The monoisotopic (exact) mass is 348 g/mol. The Morgan fingerprint density at radius 2 is 1.92 bits per heavy atom. The predicted octanol–water partition coefficient (Wildman–Crippen LogP) is 3.90. The Hall–Kier alpha value is -3.15. The van der Waals surface area contributed by atoms with Crippen molar-refractivity contribution < 1.29 is 9.26 Å². The van der Waals surface area contributed by atoms with Crippen LogP contribution in [0.4, 0.5) is 0 Å². The maximum absolute atomic E-state index is 5.43.